The summed E-state index contributed by atoms with van der Waals surface area (Å²) in [5.74, 6) is 1.64. The Morgan fingerprint density at radius 2 is 1.93 bits per heavy atom. The third kappa shape index (κ3) is 3.62. The first-order valence-electron chi connectivity index (χ1n) is 9.87. The summed E-state index contributed by atoms with van der Waals surface area (Å²) in [6.07, 6.45) is 0. The van der Waals surface area contributed by atoms with Crippen molar-refractivity contribution in [2.45, 2.75) is 6.54 Å². The summed E-state index contributed by atoms with van der Waals surface area (Å²) < 4.78 is 5.50. The highest BCUT2D eigenvalue weighted by Crippen LogP contribution is 2.33. The first-order chi connectivity index (χ1) is 14.7. The van der Waals surface area contributed by atoms with Gasteiger partial charge in [0.1, 0.15) is 16.4 Å². The number of rotatable bonds is 5. The zero-order valence-electron chi connectivity index (χ0n) is 16.6. The number of para-hydroxylation sites is 2. The Labute approximate surface area is 182 Å². The third-order valence-corrected chi connectivity index (χ3v) is 7.23. The Balaban J connectivity index is 1.31. The molecule has 1 aromatic carbocycles. The van der Waals surface area contributed by atoms with Crippen molar-refractivity contribution in [2.75, 3.05) is 38.2 Å². The molecule has 0 aliphatic carbocycles. The highest BCUT2D eigenvalue weighted by atomic mass is 32.1. The average molecular weight is 439 g/mol. The fraction of sp³-hybridized carbons (Fsp3) is 0.273. The molecule has 1 N–H and O–H groups in total. The molecule has 4 heterocycles. The van der Waals surface area contributed by atoms with Crippen LogP contribution in [0.1, 0.15) is 5.82 Å². The summed E-state index contributed by atoms with van der Waals surface area (Å²) in [6.45, 7) is 4.29. The van der Waals surface area contributed by atoms with Crippen LogP contribution in [-0.4, -0.2) is 48.2 Å². The summed E-state index contributed by atoms with van der Waals surface area (Å²) in [5.41, 5.74) is 2.07. The molecule has 5 rings (SSSR count). The van der Waals surface area contributed by atoms with Gasteiger partial charge < -0.3 is 14.6 Å². The Morgan fingerprint density at radius 1 is 1.10 bits per heavy atom. The number of aromatic amines is 1. The number of fused-ring (bicyclic) bond motifs is 1. The summed E-state index contributed by atoms with van der Waals surface area (Å²) >= 11 is 3.18. The number of nitrogens with one attached hydrogen (secondary N) is 1. The van der Waals surface area contributed by atoms with E-state index in [9.17, 15) is 4.79 Å². The predicted molar refractivity (Wildman–Crippen MR) is 124 cm³/mol. The van der Waals surface area contributed by atoms with E-state index in [2.05, 4.69) is 20.9 Å². The van der Waals surface area contributed by atoms with Gasteiger partial charge in [-0.2, -0.15) is 0 Å². The van der Waals surface area contributed by atoms with Gasteiger partial charge in [-0.05, 0) is 23.6 Å². The van der Waals surface area contributed by atoms with Gasteiger partial charge >= 0.3 is 0 Å². The van der Waals surface area contributed by atoms with Crippen LogP contribution in [-0.2, 0) is 6.54 Å². The third-order valence-electron chi connectivity index (χ3n) is 5.45. The molecule has 4 aromatic rings. The molecule has 1 aliphatic heterocycles. The van der Waals surface area contributed by atoms with Crippen LogP contribution in [0.2, 0.25) is 0 Å². The van der Waals surface area contributed by atoms with Crippen LogP contribution in [0.25, 0.3) is 20.7 Å². The number of benzene rings is 1. The fourth-order valence-corrected chi connectivity index (χ4v) is 5.71. The first-order valence-corrected chi connectivity index (χ1v) is 11.6. The maximum absolute atomic E-state index is 12.8. The Bertz CT molecular complexity index is 1210. The quantitative estimate of drug-likeness (QED) is 0.510. The molecule has 1 aliphatic rings. The maximum Gasteiger partial charge on any atom is 0.260 e. The highest BCUT2D eigenvalue weighted by Gasteiger charge is 2.21. The largest absolute Gasteiger partial charge is 0.495 e. The SMILES string of the molecule is COc1ccccc1N1CCN(Cc2nc3scc(-c4cccs4)c3c(=O)[nH]2)CC1. The lowest BCUT2D eigenvalue weighted by atomic mass is 10.2. The second-order valence-corrected chi connectivity index (χ2v) is 9.06. The van der Waals surface area contributed by atoms with Gasteiger partial charge in [-0.15, -0.1) is 22.7 Å². The number of thiophene rings is 2. The zero-order valence-corrected chi connectivity index (χ0v) is 18.3. The number of anilines is 1. The van der Waals surface area contributed by atoms with Crippen LogP contribution < -0.4 is 15.2 Å². The van der Waals surface area contributed by atoms with E-state index in [1.807, 2.05) is 41.1 Å². The van der Waals surface area contributed by atoms with Crippen LogP contribution in [0, 0.1) is 0 Å². The van der Waals surface area contributed by atoms with Crippen LogP contribution in [0.4, 0.5) is 5.69 Å². The predicted octanol–water partition coefficient (Wildman–Crippen LogP) is 4.04. The molecule has 0 unspecified atom stereocenters. The minimum atomic E-state index is -0.0488. The van der Waals surface area contributed by atoms with Gasteiger partial charge in [-0.1, -0.05) is 18.2 Å². The van der Waals surface area contributed by atoms with E-state index < -0.39 is 0 Å². The van der Waals surface area contributed by atoms with Crippen molar-refractivity contribution in [3.8, 4) is 16.2 Å². The minimum absolute atomic E-state index is 0.0488. The van der Waals surface area contributed by atoms with Gasteiger partial charge in [-0.3, -0.25) is 9.69 Å². The summed E-state index contributed by atoms with van der Waals surface area (Å²) in [6, 6.07) is 12.2. The highest BCUT2D eigenvalue weighted by molar-refractivity contribution is 7.18. The molecule has 6 nitrogen and oxygen atoms in total. The van der Waals surface area contributed by atoms with Crippen molar-refractivity contribution in [1.29, 1.82) is 0 Å². The lowest BCUT2D eigenvalue weighted by Crippen LogP contribution is -2.46. The summed E-state index contributed by atoms with van der Waals surface area (Å²) in [5, 5.41) is 4.76. The van der Waals surface area contributed by atoms with Crippen molar-refractivity contribution in [2.24, 2.45) is 0 Å². The topological polar surface area (TPSA) is 61.5 Å². The molecular formula is C22H22N4O2S2. The van der Waals surface area contributed by atoms with Crippen LogP contribution in [0.15, 0.2) is 52.0 Å². The molecule has 0 radical (unpaired) electrons. The van der Waals surface area contributed by atoms with Gasteiger partial charge in [0.15, 0.2) is 0 Å². The monoisotopic (exact) mass is 438 g/mol. The van der Waals surface area contributed by atoms with Crippen molar-refractivity contribution in [1.82, 2.24) is 14.9 Å². The minimum Gasteiger partial charge on any atom is -0.495 e. The Hall–Kier alpha value is -2.68. The van der Waals surface area contributed by atoms with E-state index in [-0.39, 0.29) is 5.56 Å². The lowest BCUT2D eigenvalue weighted by Gasteiger charge is -2.36. The smallest absolute Gasteiger partial charge is 0.260 e. The molecule has 0 amide bonds. The zero-order chi connectivity index (χ0) is 20.5. The molecule has 8 heteroatoms. The molecule has 0 spiro atoms. The molecule has 154 valence electrons. The maximum atomic E-state index is 12.8. The Morgan fingerprint density at radius 3 is 2.70 bits per heavy atom. The molecule has 0 saturated carbocycles. The van der Waals surface area contributed by atoms with Crippen LogP contribution in [0.3, 0.4) is 0 Å². The van der Waals surface area contributed by atoms with E-state index >= 15 is 0 Å². The standard InChI is InChI=1S/C22H22N4O2S2/c1-28-17-6-3-2-5-16(17)26-10-8-25(9-11-26)13-19-23-21(27)20-15(14-30-22(20)24-19)18-7-4-12-29-18/h2-7,12,14H,8-11,13H2,1H3,(H,23,24,27). The van der Waals surface area contributed by atoms with E-state index in [1.54, 1.807) is 18.4 Å². The number of hydrogen-bond donors (Lipinski definition) is 1. The number of nitrogens with zero attached hydrogens (tertiary/aromatic N) is 3. The van der Waals surface area contributed by atoms with Gasteiger partial charge in [0, 0.05) is 42.0 Å². The molecule has 0 atom stereocenters. The lowest BCUT2D eigenvalue weighted by molar-refractivity contribution is 0.243. The van der Waals surface area contributed by atoms with Gasteiger partial charge in [0.05, 0.1) is 24.7 Å². The normalized spacial score (nSPS) is 15.0. The summed E-state index contributed by atoms with van der Waals surface area (Å²) in [4.78, 5) is 27.2. The second kappa shape index (κ2) is 8.22. The van der Waals surface area contributed by atoms with Crippen LogP contribution >= 0.6 is 22.7 Å². The molecule has 0 bridgehead atoms. The Kier molecular flexibility index (Phi) is 5.28. The van der Waals surface area contributed by atoms with Crippen molar-refractivity contribution in [3.63, 3.8) is 0 Å². The van der Waals surface area contributed by atoms with Crippen molar-refractivity contribution < 1.29 is 4.74 Å². The molecule has 1 saturated heterocycles. The number of piperazine rings is 1. The number of H-pyrrole nitrogens is 1. The van der Waals surface area contributed by atoms with E-state index in [4.69, 9.17) is 9.72 Å². The van der Waals surface area contributed by atoms with Gasteiger partial charge in [0.25, 0.3) is 5.56 Å². The van der Waals surface area contributed by atoms with Crippen molar-refractivity contribution >= 4 is 38.6 Å². The number of hydrogen-bond acceptors (Lipinski definition) is 7. The molecule has 30 heavy (non-hydrogen) atoms. The fourth-order valence-electron chi connectivity index (χ4n) is 3.93. The average Bonchev–Trinajstić information content (AvgIpc) is 3.44. The summed E-state index contributed by atoms with van der Waals surface area (Å²) in [7, 11) is 1.71. The van der Waals surface area contributed by atoms with Crippen LogP contribution in [0.5, 0.6) is 5.75 Å². The van der Waals surface area contributed by atoms with E-state index in [0.29, 0.717) is 11.9 Å². The molecular weight excluding hydrogens is 416 g/mol. The van der Waals surface area contributed by atoms with Crippen molar-refractivity contribution in [3.05, 3.63) is 63.3 Å². The van der Waals surface area contributed by atoms with Gasteiger partial charge in [-0.25, -0.2) is 4.98 Å². The van der Waals surface area contributed by atoms with E-state index in [0.717, 1.165) is 58.7 Å². The number of methoxy groups -OCH3 is 1. The molecule has 3 aromatic heterocycles. The molecule has 1 fully saturated rings. The first kappa shape index (κ1) is 19.3. The van der Waals surface area contributed by atoms with E-state index in [1.165, 1.54) is 11.3 Å². The second-order valence-electron chi connectivity index (χ2n) is 7.25. The number of ether oxygens (including phenoxy) is 1. The van der Waals surface area contributed by atoms with Gasteiger partial charge in [0.2, 0.25) is 0 Å². The number of aromatic nitrogens is 2.